The fourth-order valence-corrected chi connectivity index (χ4v) is 4.76. The number of thioether (sulfide) groups is 1. The van der Waals surface area contributed by atoms with Crippen molar-refractivity contribution >= 4 is 35.4 Å². The van der Waals surface area contributed by atoms with E-state index in [9.17, 15) is 9.59 Å². The smallest absolute Gasteiger partial charge is 0.303 e. The second kappa shape index (κ2) is 12.0. The first-order valence-corrected chi connectivity index (χ1v) is 12.4. The number of aldehydes is 1. The average molecular weight is 494 g/mol. The van der Waals surface area contributed by atoms with Gasteiger partial charge in [-0.3, -0.25) is 4.79 Å². The number of allylic oxidation sites excluding steroid dienone is 2. The number of anilines is 1. The number of rotatable bonds is 12. The highest BCUT2D eigenvalue weighted by molar-refractivity contribution is 8.05. The molecule has 0 amide bonds. The van der Waals surface area contributed by atoms with Gasteiger partial charge in [-0.2, -0.15) is 0 Å². The van der Waals surface area contributed by atoms with Crippen molar-refractivity contribution in [3.8, 4) is 0 Å². The molecule has 2 aromatic rings. The Kier molecular flexibility index (Phi) is 9.60. The van der Waals surface area contributed by atoms with Crippen LogP contribution in [0.2, 0.25) is 0 Å². The number of carboxylic acid groups (broad SMARTS) is 1. The van der Waals surface area contributed by atoms with E-state index in [1.807, 2.05) is 37.5 Å². The Bertz CT molecular complexity index is 1150. The lowest BCUT2D eigenvalue weighted by Crippen LogP contribution is -2.28. The number of carbonyl (C=O) groups is 2. The highest BCUT2D eigenvalue weighted by Gasteiger charge is 2.35. The number of carboxylic acids is 1. The first-order valence-electron chi connectivity index (χ1n) is 11.5. The van der Waals surface area contributed by atoms with Crippen molar-refractivity contribution in [1.82, 2.24) is 9.97 Å². The quantitative estimate of drug-likeness (QED) is 0.329. The lowest BCUT2D eigenvalue weighted by molar-refractivity contribution is -0.137. The zero-order valence-corrected chi connectivity index (χ0v) is 22.0. The Hall–Kier alpha value is -3.19. The number of nitrogen functional groups attached to an aromatic ring is 1. The van der Waals surface area contributed by atoms with Crippen LogP contribution in [-0.4, -0.2) is 27.3 Å². The summed E-state index contributed by atoms with van der Waals surface area (Å²) >= 11 is 1.34. The second-order valence-corrected chi connectivity index (χ2v) is 10.2. The van der Waals surface area contributed by atoms with Crippen LogP contribution in [0.3, 0.4) is 0 Å². The van der Waals surface area contributed by atoms with Crippen LogP contribution in [0, 0.1) is 6.92 Å². The fourth-order valence-electron chi connectivity index (χ4n) is 3.90. The third kappa shape index (κ3) is 6.69. The summed E-state index contributed by atoms with van der Waals surface area (Å²) < 4.78 is 0. The number of hydrogen-bond acceptors (Lipinski definition) is 6. The number of benzene rings is 1. The summed E-state index contributed by atoms with van der Waals surface area (Å²) in [6.07, 6.45) is 2.15. The molecule has 0 bridgehead atoms. The van der Waals surface area contributed by atoms with Gasteiger partial charge in [0.1, 0.15) is 12.1 Å². The van der Waals surface area contributed by atoms with E-state index < -0.39 is 11.4 Å². The molecule has 1 aromatic heterocycles. The van der Waals surface area contributed by atoms with E-state index in [0.29, 0.717) is 46.3 Å². The standard InChI is InChI=1S/C28H35N3O3S/c1-17(2)22-12-8-9-13-23(22)19(4)27-30-20(5)25(26(29)31-27)28(7,16-32)21(6)35-15-18(3)11-10-14-24(33)34/h8-9,12-13,15-17H,4,6,10-11,14H2,1-3,5,7H3,(H,33,34)(H2,29,30,31)/b18-15+. The maximum absolute atomic E-state index is 12.3. The number of carbonyl (C=O) groups excluding carboxylic acids is 1. The third-order valence-electron chi connectivity index (χ3n) is 5.99. The minimum absolute atomic E-state index is 0.120. The zero-order valence-electron chi connectivity index (χ0n) is 21.2. The normalized spacial score (nSPS) is 13.4. The Morgan fingerprint density at radius 1 is 1.23 bits per heavy atom. The summed E-state index contributed by atoms with van der Waals surface area (Å²) in [5, 5.41) is 10.7. The Morgan fingerprint density at radius 3 is 2.46 bits per heavy atom. The Balaban J connectivity index is 2.36. The first kappa shape index (κ1) is 28.1. The first-order chi connectivity index (χ1) is 16.4. The minimum atomic E-state index is -1.10. The topological polar surface area (TPSA) is 106 Å². The Morgan fingerprint density at radius 2 is 1.89 bits per heavy atom. The molecule has 0 saturated carbocycles. The summed E-state index contributed by atoms with van der Waals surface area (Å²) in [5.74, 6) is 0.139. The van der Waals surface area contributed by atoms with E-state index in [1.54, 1.807) is 6.92 Å². The minimum Gasteiger partial charge on any atom is -0.481 e. The van der Waals surface area contributed by atoms with Crippen LogP contribution in [0.1, 0.15) is 81.1 Å². The van der Waals surface area contributed by atoms with Crippen molar-refractivity contribution in [2.24, 2.45) is 0 Å². The van der Waals surface area contributed by atoms with Crippen molar-refractivity contribution in [1.29, 1.82) is 0 Å². The zero-order chi connectivity index (χ0) is 26.3. The molecule has 0 radical (unpaired) electrons. The van der Waals surface area contributed by atoms with Gasteiger partial charge in [0.15, 0.2) is 5.82 Å². The molecule has 3 N–H and O–H groups in total. The van der Waals surface area contributed by atoms with Crippen molar-refractivity contribution in [2.75, 3.05) is 5.73 Å². The molecule has 0 aliphatic carbocycles. The highest BCUT2D eigenvalue weighted by Crippen LogP contribution is 2.41. The van der Waals surface area contributed by atoms with Crippen LogP contribution in [0.15, 0.2) is 53.3 Å². The largest absolute Gasteiger partial charge is 0.481 e. The van der Waals surface area contributed by atoms with Gasteiger partial charge < -0.3 is 15.6 Å². The van der Waals surface area contributed by atoms with Gasteiger partial charge in [-0.25, -0.2) is 9.97 Å². The number of aliphatic carboxylic acids is 1. The molecule has 0 aliphatic heterocycles. The average Bonchev–Trinajstić information content (AvgIpc) is 2.80. The van der Waals surface area contributed by atoms with Gasteiger partial charge in [0, 0.05) is 23.3 Å². The van der Waals surface area contributed by atoms with E-state index in [-0.39, 0.29) is 12.2 Å². The van der Waals surface area contributed by atoms with Gasteiger partial charge in [0.2, 0.25) is 0 Å². The SMILES string of the molecule is C=C(c1nc(C)c(C(C)(C=O)C(=C)S/C=C(\C)CCCC(=O)O)c(N)n1)c1ccccc1C(C)C. The summed E-state index contributed by atoms with van der Waals surface area (Å²) in [4.78, 5) is 32.9. The number of nitrogens with zero attached hydrogens (tertiary/aromatic N) is 2. The van der Waals surface area contributed by atoms with Crippen molar-refractivity contribution < 1.29 is 14.7 Å². The van der Waals surface area contributed by atoms with E-state index in [0.717, 1.165) is 23.0 Å². The van der Waals surface area contributed by atoms with E-state index in [4.69, 9.17) is 10.8 Å². The van der Waals surface area contributed by atoms with E-state index >= 15 is 0 Å². The fraction of sp³-hybridized carbons (Fsp3) is 0.357. The monoisotopic (exact) mass is 493 g/mol. The van der Waals surface area contributed by atoms with Crippen LogP contribution in [0.5, 0.6) is 0 Å². The third-order valence-corrected chi connectivity index (χ3v) is 7.22. The molecular weight excluding hydrogens is 458 g/mol. The summed E-state index contributed by atoms with van der Waals surface area (Å²) in [5.41, 5.74) is 10.2. The maximum atomic E-state index is 12.3. The van der Waals surface area contributed by atoms with Gasteiger partial charge in [-0.1, -0.05) is 56.8 Å². The van der Waals surface area contributed by atoms with E-state index in [2.05, 4.69) is 43.0 Å². The molecule has 1 unspecified atom stereocenters. The van der Waals surface area contributed by atoms with Crippen molar-refractivity contribution in [3.63, 3.8) is 0 Å². The summed E-state index contributed by atoms with van der Waals surface area (Å²) in [7, 11) is 0. The highest BCUT2D eigenvalue weighted by atomic mass is 32.2. The van der Waals surface area contributed by atoms with Gasteiger partial charge in [0.05, 0.1) is 5.41 Å². The number of hydrogen-bond donors (Lipinski definition) is 2. The molecule has 186 valence electrons. The molecule has 35 heavy (non-hydrogen) atoms. The van der Waals surface area contributed by atoms with Gasteiger partial charge in [-0.05, 0) is 61.0 Å². The Labute approximate surface area is 212 Å². The molecule has 0 aliphatic rings. The molecular formula is C28H35N3O3S. The van der Waals surface area contributed by atoms with Gasteiger partial charge >= 0.3 is 5.97 Å². The van der Waals surface area contributed by atoms with Crippen molar-refractivity contribution in [2.45, 2.75) is 65.2 Å². The lowest BCUT2D eigenvalue weighted by atomic mass is 9.82. The summed E-state index contributed by atoms with van der Waals surface area (Å²) in [6.45, 7) is 18.1. The summed E-state index contributed by atoms with van der Waals surface area (Å²) in [6, 6.07) is 8.02. The molecule has 0 spiro atoms. The van der Waals surface area contributed by atoms with Crippen LogP contribution in [-0.2, 0) is 15.0 Å². The molecule has 1 heterocycles. The molecule has 0 saturated heterocycles. The molecule has 7 heteroatoms. The molecule has 6 nitrogen and oxygen atoms in total. The molecule has 2 rings (SSSR count). The number of aryl methyl sites for hydroxylation is 1. The molecule has 1 atom stereocenters. The van der Waals surface area contributed by atoms with Crippen LogP contribution < -0.4 is 5.73 Å². The maximum Gasteiger partial charge on any atom is 0.303 e. The van der Waals surface area contributed by atoms with Crippen LogP contribution in [0.25, 0.3) is 5.57 Å². The van der Waals surface area contributed by atoms with Crippen molar-refractivity contribution in [3.05, 3.63) is 81.5 Å². The number of aromatic nitrogens is 2. The predicted molar refractivity (Wildman–Crippen MR) is 145 cm³/mol. The van der Waals surface area contributed by atoms with Gasteiger partial charge in [-0.15, -0.1) is 11.8 Å². The molecule has 0 fully saturated rings. The van der Waals surface area contributed by atoms with Crippen LogP contribution in [0.4, 0.5) is 5.82 Å². The second-order valence-electron chi connectivity index (χ2n) is 9.19. The van der Waals surface area contributed by atoms with Crippen LogP contribution >= 0.6 is 11.8 Å². The van der Waals surface area contributed by atoms with Gasteiger partial charge in [0.25, 0.3) is 0 Å². The predicted octanol–water partition coefficient (Wildman–Crippen LogP) is 6.41. The lowest BCUT2D eigenvalue weighted by Gasteiger charge is -2.28. The van der Waals surface area contributed by atoms with E-state index in [1.165, 1.54) is 11.8 Å². The molecule has 1 aromatic carbocycles. The number of nitrogens with two attached hydrogens (primary N) is 1.